The Labute approximate surface area is 106 Å². The van der Waals surface area contributed by atoms with Crippen LogP contribution in [0.25, 0.3) is 0 Å². The molecular formula is C15H28N2. The number of aromatic amines is 1. The van der Waals surface area contributed by atoms with E-state index in [0.717, 1.165) is 12.2 Å². The van der Waals surface area contributed by atoms with Gasteiger partial charge in [0.25, 0.3) is 0 Å². The Balaban J connectivity index is 2.67. The van der Waals surface area contributed by atoms with Crippen molar-refractivity contribution < 1.29 is 0 Å². The third-order valence-corrected chi connectivity index (χ3v) is 3.78. The van der Waals surface area contributed by atoms with Crippen LogP contribution in [0.3, 0.4) is 0 Å². The molecule has 98 valence electrons. The van der Waals surface area contributed by atoms with E-state index in [4.69, 9.17) is 4.98 Å². The van der Waals surface area contributed by atoms with Gasteiger partial charge in [-0.25, -0.2) is 4.98 Å². The summed E-state index contributed by atoms with van der Waals surface area (Å²) in [6.45, 7) is 11.3. The van der Waals surface area contributed by atoms with Crippen molar-refractivity contribution in [2.45, 2.75) is 78.1 Å². The summed E-state index contributed by atoms with van der Waals surface area (Å²) in [5.74, 6) is 1.68. The zero-order valence-electron chi connectivity index (χ0n) is 12.1. The highest BCUT2D eigenvalue weighted by molar-refractivity contribution is 5.14. The Hall–Kier alpha value is -0.790. The molecule has 1 heterocycles. The van der Waals surface area contributed by atoms with Gasteiger partial charge in [-0.2, -0.15) is 0 Å². The highest BCUT2D eigenvalue weighted by atomic mass is 14.9. The summed E-state index contributed by atoms with van der Waals surface area (Å²) in [5, 5.41) is 0. The van der Waals surface area contributed by atoms with E-state index in [1.807, 2.05) is 0 Å². The predicted molar refractivity (Wildman–Crippen MR) is 74.5 cm³/mol. The summed E-state index contributed by atoms with van der Waals surface area (Å²) in [4.78, 5) is 8.12. The molecule has 0 aliphatic rings. The van der Waals surface area contributed by atoms with Gasteiger partial charge < -0.3 is 4.98 Å². The number of nitrogens with zero attached hydrogens (tertiary/aromatic N) is 1. The van der Waals surface area contributed by atoms with Gasteiger partial charge in [-0.15, -0.1) is 0 Å². The number of rotatable bonds is 7. The monoisotopic (exact) mass is 236 g/mol. The minimum Gasteiger partial charge on any atom is -0.348 e. The molecule has 2 nitrogen and oxygen atoms in total. The molecule has 0 bridgehead atoms. The molecule has 0 fully saturated rings. The highest BCUT2D eigenvalue weighted by Gasteiger charge is 2.23. The Morgan fingerprint density at radius 2 is 2.00 bits per heavy atom. The largest absolute Gasteiger partial charge is 0.348 e. The summed E-state index contributed by atoms with van der Waals surface area (Å²) in [5.41, 5.74) is 1.43. The number of unbranched alkanes of at least 4 members (excludes halogenated alkanes) is 2. The second-order valence-corrected chi connectivity index (χ2v) is 5.82. The number of hydrogen-bond acceptors (Lipinski definition) is 1. The lowest BCUT2D eigenvalue weighted by Gasteiger charge is -2.22. The van der Waals surface area contributed by atoms with Crippen LogP contribution < -0.4 is 0 Å². The molecule has 0 aliphatic heterocycles. The predicted octanol–water partition coefficient (Wildman–Crippen LogP) is 4.78. The van der Waals surface area contributed by atoms with Crippen LogP contribution >= 0.6 is 0 Å². The van der Waals surface area contributed by atoms with E-state index in [9.17, 15) is 0 Å². The van der Waals surface area contributed by atoms with Crippen LogP contribution in [0.4, 0.5) is 0 Å². The van der Waals surface area contributed by atoms with E-state index in [1.54, 1.807) is 0 Å². The third kappa shape index (κ3) is 3.86. The van der Waals surface area contributed by atoms with Crippen LogP contribution in [0, 0.1) is 0 Å². The van der Waals surface area contributed by atoms with Crippen molar-refractivity contribution in [3.8, 4) is 0 Å². The average molecular weight is 236 g/mol. The fraction of sp³-hybridized carbons (Fsp3) is 0.800. The van der Waals surface area contributed by atoms with Gasteiger partial charge in [0.15, 0.2) is 0 Å². The van der Waals surface area contributed by atoms with E-state index in [1.165, 1.54) is 31.4 Å². The maximum atomic E-state index is 4.78. The van der Waals surface area contributed by atoms with E-state index in [-0.39, 0.29) is 5.41 Å². The molecule has 0 aliphatic carbocycles. The summed E-state index contributed by atoms with van der Waals surface area (Å²) >= 11 is 0. The molecule has 1 aromatic heterocycles. The van der Waals surface area contributed by atoms with Gasteiger partial charge in [0.2, 0.25) is 0 Å². The standard InChI is InChI=1S/C15H28N2/c1-6-8-9-10-15(4,5)13-11-16-14(17-13)12(3)7-2/h11-12H,6-10H2,1-5H3,(H,16,17). The number of H-pyrrole nitrogens is 1. The van der Waals surface area contributed by atoms with Gasteiger partial charge in [-0.1, -0.05) is 53.9 Å². The minimum absolute atomic E-state index is 0.206. The summed E-state index contributed by atoms with van der Waals surface area (Å²) in [6, 6.07) is 0. The first-order valence-electron chi connectivity index (χ1n) is 7.07. The highest BCUT2D eigenvalue weighted by Crippen LogP contribution is 2.29. The van der Waals surface area contributed by atoms with Crippen molar-refractivity contribution in [1.29, 1.82) is 0 Å². The normalized spacial score (nSPS) is 13.9. The van der Waals surface area contributed by atoms with Gasteiger partial charge in [0, 0.05) is 17.5 Å². The lowest BCUT2D eigenvalue weighted by molar-refractivity contribution is 0.439. The smallest absolute Gasteiger partial charge is 0.109 e. The topological polar surface area (TPSA) is 28.7 Å². The second-order valence-electron chi connectivity index (χ2n) is 5.82. The van der Waals surface area contributed by atoms with Crippen LogP contribution in [-0.2, 0) is 5.41 Å². The van der Waals surface area contributed by atoms with Crippen molar-refractivity contribution in [3.05, 3.63) is 17.7 Å². The molecule has 17 heavy (non-hydrogen) atoms. The first-order chi connectivity index (χ1) is 8.01. The zero-order chi connectivity index (χ0) is 12.9. The number of aromatic nitrogens is 2. The molecule has 0 radical (unpaired) electrons. The molecule has 1 aromatic rings. The van der Waals surface area contributed by atoms with Gasteiger partial charge in [-0.3, -0.25) is 0 Å². The molecule has 1 atom stereocenters. The Kier molecular flexibility index (Phi) is 5.23. The second kappa shape index (κ2) is 6.23. The molecular weight excluding hydrogens is 208 g/mol. The molecule has 1 N–H and O–H groups in total. The molecule has 2 heteroatoms. The SMILES string of the molecule is CCCCCC(C)(C)c1c[nH]c(C(C)CC)n1. The summed E-state index contributed by atoms with van der Waals surface area (Å²) in [6.07, 6.45) is 8.39. The van der Waals surface area contributed by atoms with Crippen molar-refractivity contribution in [2.75, 3.05) is 0 Å². The molecule has 0 amide bonds. The van der Waals surface area contributed by atoms with Gasteiger partial charge in [0.05, 0.1) is 5.69 Å². The van der Waals surface area contributed by atoms with E-state index < -0.39 is 0 Å². The Bertz CT molecular complexity index is 325. The Morgan fingerprint density at radius 3 is 2.59 bits per heavy atom. The van der Waals surface area contributed by atoms with Crippen LogP contribution in [0.5, 0.6) is 0 Å². The molecule has 0 aromatic carbocycles. The zero-order valence-corrected chi connectivity index (χ0v) is 12.1. The lowest BCUT2D eigenvalue weighted by atomic mass is 9.84. The molecule has 0 saturated carbocycles. The maximum Gasteiger partial charge on any atom is 0.109 e. The number of imidazole rings is 1. The van der Waals surface area contributed by atoms with Crippen LogP contribution in [-0.4, -0.2) is 9.97 Å². The molecule has 0 saturated heterocycles. The number of hydrogen-bond donors (Lipinski definition) is 1. The fourth-order valence-corrected chi connectivity index (χ4v) is 2.07. The first kappa shape index (κ1) is 14.3. The fourth-order valence-electron chi connectivity index (χ4n) is 2.07. The van der Waals surface area contributed by atoms with Gasteiger partial charge in [-0.05, 0) is 12.8 Å². The minimum atomic E-state index is 0.206. The summed E-state index contributed by atoms with van der Waals surface area (Å²) in [7, 11) is 0. The molecule has 1 rings (SSSR count). The van der Waals surface area contributed by atoms with Crippen LogP contribution in [0.2, 0.25) is 0 Å². The molecule has 0 spiro atoms. The van der Waals surface area contributed by atoms with Crippen molar-refractivity contribution in [2.24, 2.45) is 0 Å². The van der Waals surface area contributed by atoms with E-state index >= 15 is 0 Å². The number of nitrogens with one attached hydrogen (secondary N) is 1. The quantitative estimate of drug-likeness (QED) is 0.678. The van der Waals surface area contributed by atoms with Crippen molar-refractivity contribution in [3.63, 3.8) is 0 Å². The average Bonchev–Trinajstić information content (AvgIpc) is 2.78. The van der Waals surface area contributed by atoms with Crippen LogP contribution in [0.15, 0.2) is 6.20 Å². The Morgan fingerprint density at radius 1 is 1.29 bits per heavy atom. The maximum absolute atomic E-state index is 4.78. The van der Waals surface area contributed by atoms with Crippen molar-refractivity contribution in [1.82, 2.24) is 9.97 Å². The van der Waals surface area contributed by atoms with Gasteiger partial charge >= 0.3 is 0 Å². The molecule has 1 unspecified atom stereocenters. The van der Waals surface area contributed by atoms with Gasteiger partial charge in [0.1, 0.15) is 5.82 Å². The first-order valence-corrected chi connectivity index (χ1v) is 7.07. The lowest BCUT2D eigenvalue weighted by Crippen LogP contribution is -2.17. The summed E-state index contributed by atoms with van der Waals surface area (Å²) < 4.78 is 0. The van der Waals surface area contributed by atoms with E-state index in [0.29, 0.717) is 5.92 Å². The van der Waals surface area contributed by atoms with Crippen LogP contribution in [0.1, 0.15) is 84.2 Å². The third-order valence-electron chi connectivity index (χ3n) is 3.78. The van der Waals surface area contributed by atoms with Crippen molar-refractivity contribution >= 4 is 0 Å². The van der Waals surface area contributed by atoms with E-state index in [2.05, 4.69) is 45.8 Å².